The second kappa shape index (κ2) is 6.67. The Balaban J connectivity index is 0.00000176. The van der Waals surface area contributed by atoms with Crippen LogP contribution in [0.1, 0.15) is 29.6 Å². The Morgan fingerprint density at radius 3 is 2.59 bits per heavy atom. The Bertz CT molecular complexity index is 570. The van der Waals surface area contributed by atoms with E-state index >= 15 is 0 Å². The van der Waals surface area contributed by atoms with Crippen molar-refractivity contribution in [1.82, 2.24) is 10.6 Å². The highest BCUT2D eigenvalue weighted by molar-refractivity contribution is 6.04. The van der Waals surface area contributed by atoms with E-state index in [-0.39, 0.29) is 35.6 Å². The van der Waals surface area contributed by atoms with Crippen molar-refractivity contribution in [1.29, 1.82) is 0 Å². The fourth-order valence-corrected chi connectivity index (χ4v) is 3.34. The van der Waals surface area contributed by atoms with Gasteiger partial charge in [0.05, 0.1) is 11.3 Å². The van der Waals surface area contributed by atoms with Crippen LogP contribution in [0.2, 0.25) is 0 Å². The molecular weight excluding hydrogens is 302 g/mol. The summed E-state index contributed by atoms with van der Waals surface area (Å²) >= 11 is 0. The van der Waals surface area contributed by atoms with E-state index in [2.05, 4.69) is 16.0 Å². The quantitative estimate of drug-likeness (QED) is 0.794. The molecule has 1 spiro atoms. The van der Waals surface area contributed by atoms with Crippen molar-refractivity contribution in [2.24, 2.45) is 11.3 Å². The number of amides is 2. The Morgan fingerprint density at radius 2 is 1.91 bits per heavy atom. The van der Waals surface area contributed by atoms with E-state index in [1.165, 1.54) is 0 Å². The van der Waals surface area contributed by atoms with Gasteiger partial charge < -0.3 is 16.0 Å². The summed E-state index contributed by atoms with van der Waals surface area (Å²) in [7, 11) is 1.59. The molecule has 1 aromatic rings. The standard InChI is InChI=1S/C16H21N3O2.ClH/c1-17-14(20)11-4-2-3-5-13(11)19-15(21)12-10-16(12)6-8-18-9-7-16;/h2-5,12,18H,6-10H2,1H3,(H,17,20)(H,19,21);1H. The Kier molecular flexibility index (Phi) is 5.08. The zero-order valence-electron chi connectivity index (χ0n) is 12.6. The molecule has 0 bridgehead atoms. The zero-order chi connectivity index (χ0) is 14.9. The molecule has 3 N–H and O–H groups in total. The number of carbonyl (C=O) groups is 2. The van der Waals surface area contributed by atoms with Crippen molar-refractivity contribution in [3.05, 3.63) is 29.8 Å². The first-order valence-electron chi connectivity index (χ1n) is 7.49. The van der Waals surface area contributed by atoms with E-state index in [0.29, 0.717) is 11.3 Å². The average Bonchev–Trinajstić information content (AvgIpc) is 3.21. The molecule has 3 rings (SSSR count). The van der Waals surface area contributed by atoms with Crippen molar-refractivity contribution < 1.29 is 9.59 Å². The predicted molar refractivity (Wildman–Crippen MR) is 88.4 cm³/mol. The minimum absolute atomic E-state index is 0. The van der Waals surface area contributed by atoms with E-state index in [1.54, 1.807) is 25.2 Å². The molecule has 120 valence electrons. The van der Waals surface area contributed by atoms with Gasteiger partial charge in [0, 0.05) is 13.0 Å². The lowest BCUT2D eigenvalue weighted by molar-refractivity contribution is -0.118. The monoisotopic (exact) mass is 323 g/mol. The molecule has 1 aromatic carbocycles. The summed E-state index contributed by atoms with van der Waals surface area (Å²) in [6, 6.07) is 7.13. The molecule has 0 radical (unpaired) electrons. The Hall–Kier alpha value is -1.59. The van der Waals surface area contributed by atoms with E-state index in [9.17, 15) is 9.59 Å². The van der Waals surface area contributed by atoms with Gasteiger partial charge in [-0.2, -0.15) is 0 Å². The van der Waals surface area contributed by atoms with Gasteiger partial charge >= 0.3 is 0 Å². The summed E-state index contributed by atoms with van der Waals surface area (Å²) in [5, 5.41) is 8.87. The minimum Gasteiger partial charge on any atom is -0.355 e. The number of hydrogen-bond acceptors (Lipinski definition) is 3. The smallest absolute Gasteiger partial charge is 0.253 e. The number of carbonyl (C=O) groups excluding carboxylic acids is 2. The molecule has 22 heavy (non-hydrogen) atoms. The van der Waals surface area contributed by atoms with Gasteiger partial charge in [-0.1, -0.05) is 12.1 Å². The number of benzene rings is 1. The van der Waals surface area contributed by atoms with Gasteiger partial charge in [-0.3, -0.25) is 9.59 Å². The summed E-state index contributed by atoms with van der Waals surface area (Å²) in [4.78, 5) is 24.3. The molecule has 2 amide bonds. The van der Waals surface area contributed by atoms with Gasteiger partial charge in [0.15, 0.2) is 0 Å². The number of para-hydroxylation sites is 1. The van der Waals surface area contributed by atoms with Crippen molar-refractivity contribution in [2.75, 3.05) is 25.5 Å². The number of anilines is 1. The summed E-state index contributed by atoms with van der Waals surface area (Å²) in [6.07, 6.45) is 3.12. The van der Waals surface area contributed by atoms with Crippen molar-refractivity contribution in [2.45, 2.75) is 19.3 Å². The SMILES string of the molecule is CNC(=O)c1ccccc1NC(=O)C1CC12CCNCC2.Cl. The maximum absolute atomic E-state index is 12.4. The fourth-order valence-electron chi connectivity index (χ4n) is 3.34. The highest BCUT2D eigenvalue weighted by Crippen LogP contribution is 2.58. The van der Waals surface area contributed by atoms with Crippen LogP contribution in [-0.2, 0) is 4.79 Å². The topological polar surface area (TPSA) is 70.2 Å². The first-order valence-corrected chi connectivity index (χ1v) is 7.49. The number of nitrogens with one attached hydrogen (secondary N) is 3. The summed E-state index contributed by atoms with van der Waals surface area (Å²) < 4.78 is 0. The van der Waals surface area contributed by atoms with Crippen molar-refractivity contribution >= 4 is 29.9 Å². The second-order valence-electron chi connectivity index (χ2n) is 5.98. The van der Waals surface area contributed by atoms with Gasteiger partial charge in [0.2, 0.25) is 5.91 Å². The van der Waals surface area contributed by atoms with E-state index < -0.39 is 0 Å². The highest BCUT2D eigenvalue weighted by atomic mass is 35.5. The number of rotatable bonds is 3. The lowest BCUT2D eigenvalue weighted by atomic mass is 9.91. The molecule has 5 nitrogen and oxygen atoms in total. The zero-order valence-corrected chi connectivity index (χ0v) is 13.5. The van der Waals surface area contributed by atoms with Crippen LogP contribution in [0.25, 0.3) is 0 Å². The maximum atomic E-state index is 12.4. The van der Waals surface area contributed by atoms with Crippen molar-refractivity contribution in [3.8, 4) is 0 Å². The molecule has 0 aromatic heterocycles. The van der Waals surface area contributed by atoms with Gasteiger partial charge in [-0.15, -0.1) is 12.4 Å². The average molecular weight is 324 g/mol. The van der Waals surface area contributed by atoms with Crippen molar-refractivity contribution in [3.63, 3.8) is 0 Å². The lowest BCUT2D eigenvalue weighted by Crippen LogP contribution is -2.32. The molecule has 1 saturated carbocycles. The summed E-state index contributed by atoms with van der Waals surface area (Å²) in [5.74, 6) is -0.0381. The van der Waals surface area contributed by atoms with Crippen LogP contribution in [0.4, 0.5) is 5.69 Å². The minimum atomic E-state index is -0.182. The highest BCUT2D eigenvalue weighted by Gasteiger charge is 2.57. The van der Waals surface area contributed by atoms with Crippen LogP contribution in [0, 0.1) is 11.3 Å². The molecule has 2 fully saturated rings. The van der Waals surface area contributed by atoms with Crippen LogP contribution in [-0.4, -0.2) is 32.0 Å². The number of halogens is 1. The van der Waals surface area contributed by atoms with E-state index in [4.69, 9.17) is 0 Å². The normalized spacial score (nSPS) is 21.6. The third-order valence-corrected chi connectivity index (χ3v) is 4.76. The van der Waals surface area contributed by atoms with Crippen LogP contribution < -0.4 is 16.0 Å². The molecule has 1 saturated heterocycles. The van der Waals surface area contributed by atoms with Crippen LogP contribution >= 0.6 is 12.4 Å². The predicted octanol–water partition coefficient (Wildman–Crippen LogP) is 1.80. The molecule has 1 aliphatic heterocycles. The van der Waals surface area contributed by atoms with Crippen LogP contribution in [0.15, 0.2) is 24.3 Å². The van der Waals surface area contributed by atoms with Crippen LogP contribution in [0.3, 0.4) is 0 Å². The number of piperidine rings is 1. The largest absolute Gasteiger partial charge is 0.355 e. The molecule has 2 aliphatic rings. The molecule has 6 heteroatoms. The first-order chi connectivity index (χ1) is 10.2. The first kappa shape index (κ1) is 16.8. The van der Waals surface area contributed by atoms with Gasteiger partial charge in [0.25, 0.3) is 5.91 Å². The van der Waals surface area contributed by atoms with E-state index in [1.807, 2.05) is 6.07 Å². The van der Waals surface area contributed by atoms with Gasteiger partial charge in [-0.05, 0) is 49.9 Å². The molecule has 1 unspecified atom stereocenters. The molecule has 1 heterocycles. The number of hydrogen-bond donors (Lipinski definition) is 3. The third kappa shape index (κ3) is 3.10. The summed E-state index contributed by atoms with van der Waals surface area (Å²) in [5.41, 5.74) is 1.31. The molecule has 1 aliphatic carbocycles. The lowest BCUT2D eigenvalue weighted by Gasteiger charge is -2.23. The molecule has 1 atom stereocenters. The second-order valence-corrected chi connectivity index (χ2v) is 5.98. The van der Waals surface area contributed by atoms with E-state index in [0.717, 1.165) is 32.4 Å². The van der Waals surface area contributed by atoms with Crippen LogP contribution in [0.5, 0.6) is 0 Å². The maximum Gasteiger partial charge on any atom is 0.253 e. The fraction of sp³-hybridized carbons (Fsp3) is 0.500. The Labute approximate surface area is 136 Å². The Morgan fingerprint density at radius 1 is 1.23 bits per heavy atom. The molecular formula is C16H22ClN3O2. The summed E-state index contributed by atoms with van der Waals surface area (Å²) in [6.45, 7) is 2.00. The van der Waals surface area contributed by atoms with Gasteiger partial charge in [0.1, 0.15) is 0 Å². The third-order valence-electron chi connectivity index (χ3n) is 4.76. The van der Waals surface area contributed by atoms with Gasteiger partial charge in [-0.25, -0.2) is 0 Å².